The minimum absolute atomic E-state index is 0.399. The second-order valence-corrected chi connectivity index (χ2v) is 7.09. The van der Waals surface area contributed by atoms with Gasteiger partial charge in [0.15, 0.2) is 0 Å². The third-order valence-electron chi connectivity index (χ3n) is 4.21. The summed E-state index contributed by atoms with van der Waals surface area (Å²) < 4.78 is 0. The molecule has 2 aromatic heterocycles. The van der Waals surface area contributed by atoms with Crippen LogP contribution in [0.15, 0.2) is 29.7 Å². The van der Waals surface area contributed by atoms with Gasteiger partial charge in [0.1, 0.15) is 17.8 Å². The maximum absolute atomic E-state index is 11.2. The van der Waals surface area contributed by atoms with Gasteiger partial charge in [-0.3, -0.25) is 4.79 Å². The number of aromatic amines is 1. The number of nitrogens with zero attached hydrogens (tertiary/aromatic N) is 3. The number of hydrogen-bond acceptors (Lipinski definition) is 5. The molecule has 1 aliphatic carbocycles. The van der Waals surface area contributed by atoms with Crippen molar-refractivity contribution in [2.75, 3.05) is 17.2 Å². The van der Waals surface area contributed by atoms with Gasteiger partial charge in [-0.15, -0.1) is 11.8 Å². The average molecular weight is 345 g/mol. The summed E-state index contributed by atoms with van der Waals surface area (Å²) in [5.41, 5.74) is 6.09. The van der Waals surface area contributed by atoms with Gasteiger partial charge in [0.05, 0.1) is 10.3 Å². The number of nitrogens with one attached hydrogen (secondary N) is 1. The van der Waals surface area contributed by atoms with Gasteiger partial charge < -0.3 is 15.6 Å². The zero-order valence-electron chi connectivity index (χ0n) is 13.7. The highest BCUT2D eigenvalue weighted by Crippen LogP contribution is 2.28. The average Bonchev–Trinajstić information content (AvgIpc) is 3.12. The van der Waals surface area contributed by atoms with E-state index < -0.39 is 5.91 Å². The first-order valence-corrected chi connectivity index (χ1v) is 9.43. The van der Waals surface area contributed by atoms with Crippen molar-refractivity contribution in [3.8, 4) is 0 Å². The first-order chi connectivity index (χ1) is 11.8. The lowest BCUT2D eigenvalue weighted by atomic mass is 10.0. The lowest BCUT2D eigenvalue weighted by Crippen LogP contribution is -2.27. The minimum Gasteiger partial charge on any atom is -0.365 e. The highest BCUT2D eigenvalue weighted by atomic mass is 32.2. The van der Waals surface area contributed by atoms with Crippen LogP contribution in [0.1, 0.15) is 38.5 Å². The first kappa shape index (κ1) is 16.8. The molecular weight excluding hydrogens is 322 g/mol. The van der Waals surface area contributed by atoms with E-state index in [1.165, 1.54) is 56.6 Å². The van der Waals surface area contributed by atoms with E-state index >= 15 is 0 Å². The number of nitrogens with two attached hydrogens (primary N) is 1. The molecule has 0 atom stereocenters. The number of hydrogen-bond donors (Lipinski definition) is 2. The molecule has 0 radical (unpaired) electrons. The summed E-state index contributed by atoms with van der Waals surface area (Å²) in [6, 6.07) is 1.92. The third-order valence-corrected chi connectivity index (χ3v) is 5.21. The molecule has 128 valence electrons. The van der Waals surface area contributed by atoms with E-state index in [0.717, 1.165) is 29.1 Å². The van der Waals surface area contributed by atoms with Crippen LogP contribution in [-0.4, -0.2) is 33.2 Å². The van der Waals surface area contributed by atoms with E-state index in [1.54, 1.807) is 6.20 Å². The quantitative estimate of drug-likeness (QED) is 0.873. The SMILES string of the molecule is C1CCCCC1.NC(=O)C1=CN(c2ncnc3[nH]ccc23)CCS1. The van der Waals surface area contributed by atoms with Gasteiger partial charge >= 0.3 is 0 Å². The predicted octanol–water partition coefficient (Wildman–Crippen LogP) is 3.18. The largest absolute Gasteiger partial charge is 0.365 e. The molecule has 7 heteroatoms. The summed E-state index contributed by atoms with van der Waals surface area (Å²) in [5.74, 6) is 1.20. The second-order valence-electron chi connectivity index (χ2n) is 5.96. The molecule has 3 N–H and O–H groups in total. The van der Waals surface area contributed by atoms with Gasteiger partial charge in [0.25, 0.3) is 5.91 Å². The van der Waals surface area contributed by atoms with Gasteiger partial charge in [0.2, 0.25) is 0 Å². The van der Waals surface area contributed by atoms with Crippen molar-refractivity contribution in [3.63, 3.8) is 0 Å². The first-order valence-electron chi connectivity index (χ1n) is 8.45. The Bertz CT molecular complexity index is 711. The smallest absolute Gasteiger partial charge is 0.256 e. The van der Waals surface area contributed by atoms with E-state index in [-0.39, 0.29) is 0 Å². The van der Waals surface area contributed by atoms with Crippen LogP contribution < -0.4 is 10.6 Å². The molecule has 3 heterocycles. The van der Waals surface area contributed by atoms with Crippen LogP contribution in [0, 0.1) is 0 Å². The maximum atomic E-state index is 11.2. The number of rotatable bonds is 2. The molecule has 2 aromatic rings. The molecule has 1 aliphatic heterocycles. The summed E-state index contributed by atoms with van der Waals surface area (Å²) in [5, 5.41) is 0.935. The van der Waals surface area contributed by atoms with Crippen molar-refractivity contribution in [2.45, 2.75) is 38.5 Å². The molecular formula is C17H23N5OS. The van der Waals surface area contributed by atoms with Crippen molar-refractivity contribution >= 4 is 34.5 Å². The van der Waals surface area contributed by atoms with E-state index in [4.69, 9.17) is 5.73 Å². The van der Waals surface area contributed by atoms with E-state index in [2.05, 4.69) is 15.0 Å². The second kappa shape index (κ2) is 8.19. The molecule has 0 saturated heterocycles. The number of amides is 1. The number of primary amides is 1. The van der Waals surface area contributed by atoms with Crippen molar-refractivity contribution in [2.24, 2.45) is 5.73 Å². The monoisotopic (exact) mass is 345 g/mol. The van der Waals surface area contributed by atoms with Crippen LogP contribution in [0.25, 0.3) is 11.0 Å². The van der Waals surface area contributed by atoms with E-state index in [1.807, 2.05) is 17.2 Å². The number of H-pyrrole nitrogens is 1. The predicted molar refractivity (Wildman–Crippen MR) is 98.7 cm³/mol. The van der Waals surface area contributed by atoms with Crippen molar-refractivity contribution in [3.05, 3.63) is 29.7 Å². The Morgan fingerprint density at radius 1 is 1.17 bits per heavy atom. The number of anilines is 1. The molecule has 2 aliphatic rings. The van der Waals surface area contributed by atoms with Gasteiger partial charge in [-0.1, -0.05) is 38.5 Å². The molecule has 0 spiro atoms. The van der Waals surface area contributed by atoms with Crippen LogP contribution in [-0.2, 0) is 4.79 Å². The standard InChI is InChI=1S/C11H11N5OS.C6H12/c12-9(17)8-5-16(3-4-18-8)11-7-1-2-13-10(7)14-6-15-11;1-2-4-6-5-3-1/h1-2,5-6H,3-4H2,(H2,12,17)(H,13,14,15);1-6H2. The van der Waals surface area contributed by atoms with Crippen LogP contribution >= 0.6 is 11.8 Å². The van der Waals surface area contributed by atoms with Gasteiger partial charge in [-0.05, 0) is 6.07 Å². The number of carbonyl (C=O) groups excluding carboxylic acids is 1. The summed E-state index contributed by atoms with van der Waals surface area (Å²) in [7, 11) is 0. The Morgan fingerprint density at radius 2 is 1.88 bits per heavy atom. The molecule has 1 fully saturated rings. The Labute approximate surface area is 145 Å². The highest BCUT2D eigenvalue weighted by molar-refractivity contribution is 8.04. The number of fused-ring (bicyclic) bond motifs is 1. The molecule has 0 unspecified atom stereocenters. The van der Waals surface area contributed by atoms with Gasteiger partial charge in [0, 0.05) is 24.7 Å². The Hall–Kier alpha value is -2.02. The molecule has 24 heavy (non-hydrogen) atoms. The van der Waals surface area contributed by atoms with Crippen LogP contribution in [0.3, 0.4) is 0 Å². The van der Waals surface area contributed by atoms with E-state index in [0.29, 0.717) is 4.91 Å². The maximum Gasteiger partial charge on any atom is 0.256 e. The fraction of sp³-hybridized carbons (Fsp3) is 0.471. The van der Waals surface area contributed by atoms with Crippen LogP contribution in [0.4, 0.5) is 5.82 Å². The molecule has 6 nitrogen and oxygen atoms in total. The fourth-order valence-electron chi connectivity index (χ4n) is 2.95. The van der Waals surface area contributed by atoms with Crippen molar-refractivity contribution < 1.29 is 4.79 Å². The molecule has 1 amide bonds. The number of thioether (sulfide) groups is 1. The molecule has 0 bridgehead atoms. The minimum atomic E-state index is -0.399. The Balaban J connectivity index is 0.000000238. The van der Waals surface area contributed by atoms with Crippen LogP contribution in [0.5, 0.6) is 0 Å². The Kier molecular flexibility index (Phi) is 5.74. The van der Waals surface area contributed by atoms with Crippen LogP contribution in [0.2, 0.25) is 0 Å². The number of aromatic nitrogens is 3. The van der Waals surface area contributed by atoms with E-state index in [9.17, 15) is 4.79 Å². The zero-order chi connectivity index (χ0) is 16.8. The molecule has 4 rings (SSSR count). The summed E-state index contributed by atoms with van der Waals surface area (Å²) in [4.78, 5) is 25.2. The normalized spacial score (nSPS) is 17.8. The Morgan fingerprint density at radius 3 is 2.54 bits per heavy atom. The van der Waals surface area contributed by atoms with Crippen molar-refractivity contribution in [1.29, 1.82) is 0 Å². The van der Waals surface area contributed by atoms with Crippen molar-refractivity contribution in [1.82, 2.24) is 15.0 Å². The number of carbonyl (C=O) groups is 1. The zero-order valence-corrected chi connectivity index (χ0v) is 14.5. The summed E-state index contributed by atoms with van der Waals surface area (Å²) in [6.07, 6.45) is 14.1. The lowest BCUT2D eigenvalue weighted by molar-refractivity contribution is -0.113. The topological polar surface area (TPSA) is 87.9 Å². The highest BCUT2D eigenvalue weighted by Gasteiger charge is 2.18. The van der Waals surface area contributed by atoms with Gasteiger partial charge in [-0.2, -0.15) is 0 Å². The van der Waals surface area contributed by atoms with Gasteiger partial charge in [-0.25, -0.2) is 9.97 Å². The fourth-order valence-corrected chi connectivity index (χ4v) is 3.80. The molecule has 0 aromatic carbocycles. The summed E-state index contributed by atoms with van der Waals surface area (Å²) >= 11 is 1.47. The summed E-state index contributed by atoms with van der Waals surface area (Å²) in [6.45, 7) is 0.790. The third kappa shape index (κ3) is 4.08. The molecule has 1 saturated carbocycles. The lowest BCUT2D eigenvalue weighted by Gasteiger charge is -2.24.